The summed E-state index contributed by atoms with van der Waals surface area (Å²) in [5.41, 5.74) is 0. The third kappa shape index (κ3) is 533. The zero-order valence-corrected chi connectivity index (χ0v) is 6.80. The van der Waals surface area contributed by atoms with Crippen LogP contribution in [0.4, 0.5) is 0 Å². The van der Waals surface area contributed by atoms with Gasteiger partial charge in [-0.2, -0.15) is 0 Å². The second-order valence-electron chi connectivity index (χ2n) is 0.673. The van der Waals surface area contributed by atoms with E-state index >= 15 is 0 Å². The van der Waals surface area contributed by atoms with E-state index in [9.17, 15) is 0 Å². The maximum absolute atomic E-state index is 8.64. The number of rotatable bonds is 0. The Kier molecular flexibility index (Phi) is 21.3. The number of hydrogen-bond donors (Lipinski definition) is 5. The molecule has 0 aliphatic rings. The third-order valence-corrected chi connectivity index (χ3v) is 0. The first-order valence-electron chi connectivity index (χ1n) is 1.53. The van der Waals surface area contributed by atoms with Gasteiger partial charge in [-0.1, -0.05) is 0 Å². The standard InChI is InChI=1S/BH3O3.BH2O3.Na/c2*2-1(3)4;/h2-4H;2-3H;/q;-1;+1. The summed E-state index contributed by atoms with van der Waals surface area (Å²) in [6.45, 7) is 0. The molecule has 0 unspecified atom stereocenters. The quantitative estimate of drug-likeness (QED) is 0.216. The Labute approximate surface area is 74.4 Å². The van der Waals surface area contributed by atoms with Crippen LogP contribution in [0.2, 0.25) is 0 Å². The second kappa shape index (κ2) is 11.7. The van der Waals surface area contributed by atoms with Gasteiger partial charge in [-0.25, -0.2) is 0 Å². The van der Waals surface area contributed by atoms with Crippen LogP contribution >= 0.6 is 0 Å². The molecule has 0 spiro atoms. The Morgan fingerprint density at radius 1 is 0.889 bits per heavy atom. The molecule has 0 saturated heterocycles. The molecule has 0 saturated carbocycles. The van der Waals surface area contributed by atoms with E-state index in [0.29, 0.717) is 0 Å². The van der Waals surface area contributed by atoms with E-state index in [2.05, 4.69) is 0 Å². The van der Waals surface area contributed by atoms with Gasteiger partial charge >= 0.3 is 44.2 Å². The molecule has 9 heavy (non-hydrogen) atoms. The van der Waals surface area contributed by atoms with Crippen molar-refractivity contribution in [2.45, 2.75) is 0 Å². The molecule has 0 aromatic heterocycles. The fourth-order valence-electron chi connectivity index (χ4n) is 0. The second-order valence-corrected chi connectivity index (χ2v) is 0.673. The molecule has 0 aliphatic carbocycles. The Balaban J connectivity index is -0.0000000720. The molecular formula is H5B2NaO6. The molecule has 0 rings (SSSR count). The minimum atomic E-state index is -2.42. The normalized spacial score (nSPS) is 6.00. The smallest absolute Gasteiger partial charge is 0.832 e. The minimum absolute atomic E-state index is 0. The van der Waals surface area contributed by atoms with Crippen LogP contribution in [-0.4, -0.2) is 39.8 Å². The number of hydrogen-bond acceptors (Lipinski definition) is 6. The van der Waals surface area contributed by atoms with Gasteiger partial charge in [-0.05, 0) is 0 Å². The van der Waals surface area contributed by atoms with Crippen molar-refractivity contribution in [3.8, 4) is 0 Å². The molecule has 0 radical (unpaired) electrons. The van der Waals surface area contributed by atoms with Crippen molar-refractivity contribution >= 4 is 14.6 Å². The van der Waals surface area contributed by atoms with Crippen molar-refractivity contribution in [3.05, 3.63) is 0 Å². The summed E-state index contributed by atoms with van der Waals surface area (Å²) in [5, 5.41) is 44.2. The van der Waals surface area contributed by atoms with Crippen molar-refractivity contribution in [2.24, 2.45) is 0 Å². The monoisotopic (exact) mass is 146 g/mol. The van der Waals surface area contributed by atoms with E-state index in [1.54, 1.807) is 0 Å². The van der Waals surface area contributed by atoms with Gasteiger partial charge in [0.05, 0.1) is 0 Å². The van der Waals surface area contributed by atoms with Crippen molar-refractivity contribution in [3.63, 3.8) is 0 Å². The topological polar surface area (TPSA) is 124 Å². The van der Waals surface area contributed by atoms with Crippen molar-refractivity contribution in [1.29, 1.82) is 0 Å². The van der Waals surface area contributed by atoms with Gasteiger partial charge in [0, 0.05) is 0 Å². The third-order valence-electron chi connectivity index (χ3n) is 0. The van der Waals surface area contributed by atoms with E-state index in [-0.39, 0.29) is 29.6 Å². The summed E-state index contributed by atoms with van der Waals surface area (Å²) >= 11 is 0. The van der Waals surface area contributed by atoms with Gasteiger partial charge in [0.1, 0.15) is 0 Å². The Morgan fingerprint density at radius 3 is 0.889 bits per heavy atom. The zero-order valence-electron chi connectivity index (χ0n) is 4.80. The molecule has 0 aliphatic heterocycles. The molecule has 6 nitrogen and oxygen atoms in total. The summed E-state index contributed by atoms with van der Waals surface area (Å²) in [4.78, 5) is 0. The molecule has 0 atom stereocenters. The van der Waals surface area contributed by atoms with Crippen LogP contribution in [0, 0.1) is 0 Å². The first-order chi connectivity index (χ1) is 3.46. The predicted molar refractivity (Wildman–Crippen MR) is 22.6 cm³/mol. The van der Waals surface area contributed by atoms with Crippen molar-refractivity contribution < 1.29 is 59.7 Å². The molecule has 0 fully saturated rings. The molecule has 0 heterocycles. The van der Waals surface area contributed by atoms with Crippen LogP contribution in [0.1, 0.15) is 0 Å². The molecule has 0 amide bonds. The molecule has 48 valence electrons. The van der Waals surface area contributed by atoms with Crippen LogP contribution in [0.25, 0.3) is 0 Å². The van der Waals surface area contributed by atoms with E-state index in [1.807, 2.05) is 0 Å². The van der Waals surface area contributed by atoms with Gasteiger partial charge in [0.25, 0.3) is 0 Å². The maximum Gasteiger partial charge on any atom is 1.00 e. The van der Waals surface area contributed by atoms with Crippen molar-refractivity contribution in [1.82, 2.24) is 0 Å². The minimum Gasteiger partial charge on any atom is -0.832 e. The van der Waals surface area contributed by atoms with Crippen LogP contribution in [-0.2, 0) is 0 Å². The van der Waals surface area contributed by atoms with Crippen LogP contribution in [0.5, 0.6) is 0 Å². The van der Waals surface area contributed by atoms with Gasteiger partial charge in [-0.15, -0.1) is 0 Å². The Morgan fingerprint density at radius 2 is 0.889 bits per heavy atom. The molecule has 0 bridgehead atoms. The zero-order chi connectivity index (χ0) is 7.15. The SMILES string of the molecule is OB(O)O.[Na+].[O-]B(O)O. The average molecular weight is 146 g/mol. The summed E-state index contributed by atoms with van der Waals surface area (Å²) in [7, 11) is -4.58. The maximum atomic E-state index is 8.64. The Hall–Kier alpha value is 0.890. The van der Waals surface area contributed by atoms with Crippen LogP contribution in [0.3, 0.4) is 0 Å². The predicted octanol–water partition coefficient (Wildman–Crippen LogP) is -7.73. The fraction of sp³-hybridized carbons (Fsp3) is 0. The van der Waals surface area contributed by atoms with Gasteiger partial charge < -0.3 is 30.1 Å². The summed E-state index contributed by atoms with van der Waals surface area (Å²) < 4.78 is 0. The first kappa shape index (κ1) is 16.5. The van der Waals surface area contributed by atoms with E-state index < -0.39 is 14.6 Å². The summed E-state index contributed by atoms with van der Waals surface area (Å²) in [5.74, 6) is 0. The largest absolute Gasteiger partial charge is 1.00 e. The molecule has 0 aromatic rings. The molecule has 9 heteroatoms. The van der Waals surface area contributed by atoms with E-state index in [1.165, 1.54) is 0 Å². The Bertz CT molecular complexity index is 26.5. The van der Waals surface area contributed by atoms with Gasteiger partial charge in [0.15, 0.2) is 0 Å². The van der Waals surface area contributed by atoms with Crippen molar-refractivity contribution in [2.75, 3.05) is 0 Å². The molecule has 0 aromatic carbocycles. The molecule has 5 N–H and O–H groups in total. The fourth-order valence-corrected chi connectivity index (χ4v) is 0. The first-order valence-corrected chi connectivity index (χ1v) is 1.53. The van der Waals surface area contributed by atoms with Gasteiger partial charge in [0.2, 0.25) is 0 Å². The average Bonchev–Trinajstić information content (AvgIpc) is 1.25. The summed E-state index contributed by atoms with van der Waals surface area (Å²) in [6, 6.07) is 0. The summed E-state index contributed by atoms with van der Waals surface area (Å²) in [6.07, 6.45) is 0. The molecular weight excluding hydrogens is 141 g/mol. The van der Waals surface area contributed by atoms with Crippen LogP contribution in [0.15, 0.2) is 0 Å². The van der Waals surface area contributed by atoms with E-state index in [4.69, 9.17) is 30.1 Å². The van der Waals surface area contributed by atoms with Crippen LogP contribution < -0.4 is 34.6 Å². The van der Waals surface area contributed by atoms with E-state index in [0.717, 1.165) is 0 Å². The van der Waals surface area contributed by atoms with Gasteiger partial charge in [-0.3, -0.25) is 0 Å².